The molecular formula is C22H36N4O2. The lowest BCUT2D eigenvalue weighted by Crippen LogP contribution is -2.56. The van der Waals surface area contributed by atoms with Gasteiger partial charge in [-0.15, -0.1) is 0 Å². The molecule has 2 aliphatic rings. The summed E-state index contributed by atoms with van der Waals surface area (Å²) in [7, 11) is 1.82. The largest absolute Gasteiger partial charge is 0.490 e. The van der Waals surface area contributed by atoms with Crippen molar-refractivity contribution in [2.24, 2.45) is 4.99 Å². The SMILES string of the molecule is CN=C(NCc1ccccc1OC1CCCC1)NCC(C)(C)N1CCOCC1. The first-order valence-corrected chi connectivity index (χ1v) is 10.6. The van der Waals surface area contributed by atoms with Gasteiger partial charge in [-0.2, -0.15) is 0 Å². The Balaban J connectivity index is 1.51. The summed E-state index contributed by atoms with van der Waals surface area (Å²) in [4.78, 5) is 6.87. The van der Waals surface area contributed by atoms with Crippen molar-refractivity contribution in [3.63, 3.8) is 0 Å². The lowest BCUT2D eigenvalue weighted by molar-refractivity contribution is -0.00834. The quantitative estimate of drug-likeness (QED) is 0.556. The molecule has 0 atom stereocenters. The monoisotopic (exact) mass is 388 g/mol. The van der Waals surface area contributed by atoms with Crippen LogP contribution in [0, 0.1) is 0 Å². The summed E-state index contributed by atoms with van der Waals surface area (Å²) in [5.74, 6) is 1.81. The van der Waals surface area contributed by atoms with Crippen LogP contribution in [0.15, 0.2) is 29.3 Å². The average Bonchev–Trinajstić information content (AvgIpc) is 3.23. The van der Waals surface area contributed by atoms with Gasteiger partial charge in [0.1, 0.15) is 5.75 Å². The smallest absolute Gasteiger partial charge is 0.191 e. The van der Waals surface area contributed by atoms with Crippen molar-refractivity contribution < 1.29 is 9.47 Å². The summed E-state index contributed by atoms with van der Waals surface area (Å²) in [5, 5.41) is 6.93. The van der Waals surface area contributed by atoms with E-state index in [2.05, 4.69) is 52.6 Å². The molecule has 0 unspecified atom stereocenters. The number of nitrogens with zero attached hydrogens (tertiary/aromatic N) is 2. The minimum absolute atomic E-state index is 0.0465. The number of aliphatic imine (C=N–C) groups is 1. The summed E-state index contributed by atoms with van der Waals surface area (Å²) < 4.78 is 11.7. The molecule has 156 valence electrons. The van der Waals surface area contributed by atoms with Crippen molar-refractivity contribution in [3.05, 3.63) is 29.8 Å². The van der Waals surface area contributed by atoms with Gasteiger partial charge in [0, 0.05) is 44.3 Å². The minimum atomic E-state index is 0.0465. The number of hydrogen-bond acceptors (Lipinski definition) is 4. The third kappa shape index (κ3) is 5.85. The second-order valence-electron chi connectivity index (χ2n) is 8.32. The zero-order valence-electron chi connectivity index (χ0n) is 17.7. The van der Waals surface area contributed by atoms with Gasteiger partial charge >= 0.3 is 0 Å². The van der Waals surface area contributed by atoms with Crippen LogP contribution in [-0.4, -0.2) is 62.4 Å². The maximum absolute atomic E-state index is 6.25. The number of rotatable bonds is 7. The normalized spacial score (nSPS) is 19.6. The number of para-hydroxylation sites is 1. The molecule has 1 saturated carbocycles. The predicted molar refractivity (Wildman–Crippen MR) is 114 cm³/mol. The molecule has 2 fully saturated rings. The third-order valence-corrected chi connectivity index (χ3v) is 5.79. The Bertz CT molecular complexity index is 635. The second kappa shape index (κ2) is 10.1. The molecule has 0 bridgehead atoms. The summed E-state index contributed by atoms with van der Waals surface area (Å²) in [5.41, 5.74) is 1.22. The fraction of sp³-hybridized carbons (Fsp3) is 0.682. The van der Waals surface area contributed by atoms with Crippen LogP contribution in [0.25, 0.3) is 0 Å². The predicted octanol–water partition coefficient (Wildman–Crippen LogP) is 2.78. The molecule has 1 aromatic rings. The number of benzene rings is 1. The summed E-state index contributed by atoms with van der Waals surface area (Å²) in [6, 6.07) is 8.32. The van der Waals surface area contributed by atoms with Gasteiger partial charge in [0.15, 0.2) is 5.96 Å². The highest BCUT2D eigenvalue weighted by Gasteiger charge is 2.28. The zero-order chi connectivity index (χ0) is 19.8. The lowest BCUT2D eigenvalue weighted by atomic mass is 10.0. The van der Waals surface area contributed by atoms with Gasteiger partial charge in [0.25, 0.3) is 0 Å². The molecule has 1 heterocycles. The van der Waals surface area contributed by atoms with E-state index in [0.717, 1.165) is 44.6 Å². The van der Waals surface area contributed by atoms with Gasteiger partial charge in [0.05, 0.1) is 19.3 Å². The van der Waals surface area contributed by atoms with E-state index in [9.17, 15) is 0 Å². The van der Waals surface area contributed by atoms with E-state index in [1.165, 1.54) is 31.2 Å². The van der Waals surface area contributed by atoms with Crippen LogP contribution in [0.3, 0.4) is 0 Å². The second-order valence-corrected chi connectivity index (χ2v) is 8.32. The Hall–Kier alpha value is -1.79. The molecule has 1 saturated heterocycles. The molecule has 0 radical (unpaired) electrons. The van der Waals surface area contributed by atoms with E-state index in [4.69, 9.17) is 9.47 Å². The Morgan fingerprint density at radius 2 is 1.89 bits per heavy atom. The molecule has 3 rings (SSSR count). The van der Waals surface area contributed by atoms with Gasteiger partial charge in [-0.3, -0.25) is 9.89 Å². The highest BCUT2D eigenvalue weighted by atomic mass is 16.5. The zero-order valence-corrected chi connectivity index (χ0v) is 17.7. The number of hydrogen-bond donors (Lipinski definition) is 2. The number of morpholine rings is 1. The van der Waals surface area contributed by atoms with Gasteiger partial charge in [0.2, 0.25) is 0 Å². The average molecular weight is 389 g/mol. The molecule has 1 aliphatic carbocycles. The summed E-state index contributed by atoms with van der Waals surface area (Å²) in [6.45, 7) is 9.64. The first kappa shape index (κ1) is 20.9. The van der Waals surface area contributed by atoms with Crippen molar-refractivity contribution >= 4 is 5.96 Å². The fourth-order valence-electron chi connectivity index (χ4n) is 3.93. The molecule has 1 aromatic carbocycles. The molecule has 6 heteroatoms. The highest BCUT2D eigenvalue weighted by Crippen LogP contribution is 2.26. The third-order valence-electron chi connectivity index (χ3n) is 5.79. The van der Waals surface area contributed by atoms with E-state index < -0.39 is 0 Å². The molecule has 28 heavy (non-hydrogen) atoms. The van der Waals surface area contributed by atoms with E-state index in [1.807, 2.05) is 13.1 Å². The number of nitrogens with one attached hydrogen (secondary N) is 2. The molecule has 2 N–H and O–H groups in total. The van der Waals surface area contributed by atoms with Gasteiger partial charge in [-0.05, 0) is 45.6 Å². The van der Waals surface area contributed by atoms with Gasteiger partial charge in [-0.1, -0.05) is 18.2 Å². The maximum Gasteiger partial charge on any atom is 0.191 e. The van der Waals surface area contributed by atoms with Gasteiger partial charge < -0.3 is 20.1 Å². The van der Waals surface area contributed by atoms with E-state index >= 15 is 0 Å². The molecular weight excluding hydrogens is 352 g/mol. The standard InChI is InChI=1S/C22H36N4O2/c1-22(2,26-12-14-27-15-13-26)17-25-21(23-3)24-16-18-8-4-7-11-20(18)28-19-9-5-6-10-19/h4,7-8,11,19H,5-6,9-10,12-17H2,1-3H3,(H2,23,24,25). The fourth-order valence-corrected chi connectivity index (χ4v) is 3.93. The lowest BCUT2D eigenvalue weighted by Gasteiger charge is -2.41. The van der Waals surface area contributed by atoms with Crippen molar-refractivity contribution in [1.82, 2.24) is 15.5 Å². The summed E-state index contributed by atoms with van der Waals surface area (Å²) in [6.07, 6.45) is 5.26. The first-order valence-electron chi connectivity index (χ1n) is 10.6. The molecule has 6 nitrogen and oxygen atoms in total. The molecule has 1 aliphatic heterocycles. The van der Waals surface area contributed by atoms with Crippen LogP contribution in [-0.2, 0) is 11.3 Å². The van der Waals surface area contributed by atoms with Crippen LogP contribution in [0.2, 0.25) is 0 Å². The number of ether oxygens (including phenoxy) is 2. The topological polar surface area (TPSA) is 58.1 Å². The van der Waals surface area contributed by atoms with E-state index in [1.54, 1.807) is 0 Å². The Morgan fingerprint density at radius 3 is 2.61 bits per heavy atom. The number of guanidine groups is 1. The van der Waals surface area contributed by atoms with Crippen LogP contribution in [0.1, 0.15) is 45.1 Å². The van der Waals surface area contributed by atoms with Crippen molar-refractivity contribution in [1.29, 1.82) is 0 Å². The van der Waals surface area contributed by atoms with Crippen LogP contribution < -0.4 is 15.4 Å². The van der Waals surface area contributed by atoms with Crippen molar-refractivity contribution in [2.75, 3.05) is 39.9 Å². The van der Waals surface area contributed by atoms with Crippen LogP contribution in [0.4, 0.5) is 0 Å². The van der Waals surface area contributed by atoms with Crippen molar-refractivity contribution in [3.8, 4) is 5.75 Å². The first-order chi connectivity index (χ1) is 13.6. The minimum Gasteiger partial charge on any atom is -0.490 e. The van der Waals surface area contributed by atoms with E-state index in [-0.39, 0.29) is 5.54 Å². The Morgan fingerprint density at radius 1 is 1.18 bits per heavy atom. The van der Waals surface area contributed by atoms with Crippen molar-refractivity contribution in [2.45, 2.75) is 57.7 Å². The highest BCUT2D eigenvalue weighted by molar-refractivity contribution is 5.79. The summed E-state index contributed by atoms with van der Waals surface area (Å²) >= 11 is 0. The molecule has 0 aromatic heterocycles. The molecule has 0 spiro atoms. The van der Waals surface area contributed by atoms with Crippen LogP contribution in [0.5, 0.6) is 5.75 Å². The maximum atomic E-state index is 6.25. The van der Waals surface area contributed by atoms with E-state index in [0.29, 0.717) is 12.6 Å². The van der Waals surface area contributed by atoms with Gasteiger partial charge in [-0.25, -0.2) is 0 Å². The Kier molecular flexibility index (Phi) is 7.57. The molecule has 0 amide bonds. The Labute approximate surface area is 169 Å². The van der Waals surface area contributed by atoms with Crippen LogP contribution >= 0.6 is 0 Å².